The molecule has 4 heterocycles. The third kappa shape index (κ3) is 4.35. The molecule has 154 valence electrons. The lowest BCUT2D eigenvalue weighted by Gasteiger charge is -2.46. The standard InChI is InChI=1S/C20H30ClN5OS/c1-14(2)25-6-4-15(5-7-25)24(3)20(26-8-9-27-19(21)12-26)17-10-16-18(28-17)11-22-13-23-16/h10-11,13-15,19-20H,4-9,12H2,1-3H3. The summed E-state index contributed by atoms with van der Waals surface area (Å²) in [7, 11) is 2.27. The maximum Gasteiger partial charge on any atom is 0.143 e. The summed E-state index contributed by atoms with van der Waals surface area (Å²) in [6.07, 6.45) is 6.13. The van der Waals surface area contributed by atoms with Crippen LogP contribution in [0.3, 0.4) is 0 Å². The number of rotatable bonds is 5. The number of aromatic nitrogens is 2. The number of hydrogen-bond acceptors (Lipinski definition) is 7. The van der Waals surface area contributed by atoms with Gasteiger partial charge in [0.25, 0.3) is 0 Å². The van der Waals surface area contributed by atoms with Crippen molar-refractivity contribution in [1.82, 2.24) is 24.7 Å². The number of fused-ring (bicyclic) bond motifs is 1. The minimum Gasteiger partial charge on any atom is -0.360 e. The monoisotopic (exact) mass is 423 g/mol. The molecule has 2 aromatic heterocycles. The van der Waals surface area contributed by atoms with Gasteiger partial charge in [-0.1, -0.05) is 11.6 Å². The molecule has 0 spiro atoms. The molecule has 0 amide bonds. The second-order valence-corrected chi connectivity index (χ2v) is 9.70. The number of thiophene rings is 1. The van der Waals surface area contributed by atoms with Crippen LogP contribution in [0.2, 0.25) is 0 Å². The number of hydrogen-bond donors (Lipinski definition) is 0. The molecule has 2 fully saturated rings. The Bertz CT molecular complexity index is 746. The summed E-state index contributed by atoms with van der Waals surface area (Å²) in [5.74, 6) is 0. The number of ether oxygens (including phenoxy) is 1. The molecule has 28 heavy (non-hydrogen) atoms. The molecule has 2 atom stereocenters. The number of likely N-dealkylation sites (tertiary alicyclic amines) is 1. The van der Waals surface area contributed by atoms with Crippen LogP contribution in [-0.4, -0.2) is 82.1 Å². The van der Waals surface area contributed by atoms with Gasteiger partial charge in [0.05, 0.1) is 23.0 Å². The molecule has 2 aliphatic rings. The lowest BCUT2D eigenvalue weighted by atomic mass is 10.0. The topological polar surface area (TPSA) is 44.7 Å². The van der Waals surface area contributed by atoms with Crippen molar-refractivity contribution in [2.75, 3.05) is 39.8 Å². The summed E-state index contributed by atoms with van der Waals surface area (Å²) in [5, 5.41) is 0. The van der Waals surface area contributed by atoms with E-state index in [1.54, 1.807) is 17.7 Å². The first-order valence-electron chi connectivity index (χ1n) is 10.2. The van der Waals surface area contributed by atoms with E-state index in [4.69, 9.17) is 16.3 Å². The fourth-order valence-electron chi connectivity index (χ4n) is 4.43. The van der Waals surface area contributed by atoms with Gasteiger partial charge in [0.15, 0.2) is 0 Å². The third-order valence-corrected chi connectivity index (χ3v) is 7.42. The predicted molar refractivity (Wildman–Crippen MR) is 115 cm³/mol. The molecule has 6 nitrogen and oxygen atoms in total. The molecule has 4 rings (SSSR count). The Balaban J connectivity index is 1.59. The fourth-order valence-corrected chi connectivity index (χ4v) is 5.87. The van der Waals surface area contributed by atoms with Gasteiger partial charge in [-0.05, 0) is 52.9 Å². The smallest absolute Gasteiger partial charge is 0.143 e. The van der Waals surface area contributed by atoms with E-state index in [-0.39, 0.29) is 11.7 Å². The van der Waals surface area contributed by atoms with Crippen molar-refractivity contribution in [3.05, 3.63) is 23.5 Å². The van der Waals surface area contributed by atoms with E-state index < -0.39 is 0 Å². The molecule has 2 aromatic rings. The van der Waals surface area contributed by atoms with E-state index in [9.17, 15) is 0 Å². The SMILES string of the molecule is CC(C)N1CCC(N(C)C(c2cc3ncncc3s2)N2CCOC(Cl)C2)CC1. The van der Waals surface area contributed by atoms with E-state index >= 15 is 0 Å². The Labute approximate surface area is 176 Å². The molecule has 2 unspecified atom stereocenters. The highest BCUT2D eigenvalue weighted by atomic mass is 35.5. The summed E-state index contributed by atoms with van der Waals surface area (Å²) < 4.78 is 6.74. The van der Waals surface area contributed by atoms with E-state index in [2.05, 4.69) is 51.6 Å². The van der Waals surface area contributed by atoms with E-state index in [0.29, 0.717) is 18.7 Å². The highest BCUT2D eigenvalue weighted by Gasteiger charge is 2.35. The third-order valence-electron chi connectivity index (χ3n) is 6.06. The highest BCUT2D eigenvalue weighted by molar-refractivity contribution is 7.19. The minimum absolute atomic E-state index is 0.194. The Morgan fingerprint density at radius 3 is 2.71 bits per heavy atom. The van der Waals surface area contributed by atoms with Gasteiger partial charge in [0.1, 0.15) is 11.9 Å². The maximum atomic E-state index is 6.36. The summed E-state index contributed by atoms with van der Waals surface area (Å²) in [4.78, 5) is 17.6. The first-order valence-corrected chi connectivity index (χ1v) is 11.4. The van der Waals surface area contributed by atoms with Crippen LogP contribution in [0.4, 0.5) is 0 Å². The molecule has 0 saturated carbocycles. The van der Waals surface area contributed by atoms with Gasteiger partial charge in [-0.2, -0.15) is 0 Å². The predicted octanol–water partition coefficient (Wildman–Crippen LogP) is 3.39. The molecule has 2 saturated heterocycles. The normalized spacial score (nSPS) is 24.4. The summed E-state index contributed by atoms with van der Waals surface area (Å²) in [6, 6.07) is 3.41. The number of morpholine rings is 1. The zero-order chi connectivity index (χ0) is 19.7. The maximum absolute atomic E-state index is 6.36. The molecule has 0 bridgehead atoms. The van der Waals surface area contributed by atoms with Crippen molar-refractivity contribution in [2.24, 2.45) is 0 Å². The van der Waals surface area contributed by atoms with Crippen molar-refractivity contribution in [1.29, 1.82) is 0 Å². The van der Waals surface area contributed by atoms with Crippen molar-refractivity contribution < 1.29 is 4.74 Å². The van der Waals surface area contributed by atoms with Gasteiger partial charge in [0, 0.05) is 36.2 Å². The van der Waals surface area contributed by atoms with Crippen LogP contribution >= 0.6 is 22.9 Å². The quantitative estimate of drug-likeness (QED) is 0.687. The van der Waals surface area contributed by atoms with Crippen molar-refractivity contribution >= 4 is 33.2 Å². The van der Waals surface area contributed by atoms with Gasteiger partial charge in [0.2, 0.25) is 0 Å². The van der Waals surface area contributed by atoms with Gasteiger partial charge in [-0.15, -0.1) is 11.3 Å². The lowest BCUT2D eigenvalue weighted by molar-refractivity contribution is -0.0588. The molecule has 0 aliphatic carbocycles. The van der Waals surface area contributed by atoms with Gasteiger partial charge >= 0.3 is 0 Å². The number of nitrogens with zero attached hydrogens (tertiary/aromatic N) is 5. The largest absolute Gasteiger partial charge is 0.360 e. The zero-order valence-electron chi connectivity index (χ0n) is 16.9. The first-order chi connectivity index (χ1) is 13.5. The summed E-state index contributed by atoms with van der Waals surface area (Å²) in [6.45, 7) is 9.22. The number of alkyl halides is 1. The second kappa shape index (κ2) is 8.90. The number of halogens is 1. The molecule has 0 aromatic carbocycles. The molecule has 8 heteroatoms. The first kappa shape index (κ1) is 20.4. The van der Waals surface area contributed by atoms with Crippen LogP contribution in [0.1, 0.15) is 37.7 Å². The molecule has 0 N–H and O–H groups in total. The molecule has 2 aliphatic heterocycles. The van der Waals surface area contributed by atoms with Gasteiger partial charge in [-0.3, -0.25) is 9.80 Å². The van der Waals surface area contributed by atoms with Crippen LogP contribution in [0.25, 0.3) is 10.2 Å². The number of piperidine rings is 1. The average Bonchev–Trinajstić information content (AvgIpc) is 3.11. The van der Waals surface area contributed by atoms with E-state index in [1.165, 1.54) is 30.8 Å². The molecule has 0 radical (unpaired) electrons. The average molecular weight is 424 g/mol. The summed E-state index contributed by atoms with van der Waals surface area (Å²) >= 11 is 8.15. The van der Waals surface area contributed by atoms with E-state index in [0.717, 1.165) is 23.3 Å². The van der Waals surface area contributed by atoms with Gasteiger partial charge < -0.3 is 9.64 Å². The van der Waals surface area contributed by atoms with Crippen LogP contribution in [-0.2, 0) is 4.74 Å². The Kier molecular flexibility index (Phi) is 6.50. The Morgan fingerprint density at radius 1 is 1.25 bits per heavy atom. The van der Waals surface area contributed by atoms with E-state index in [1.807, 2.05) is 6.20 Å². The van der Waals surface area contributed by atoms with Crippen LogP contribution < -0.4 is 0 Å². The van der Waals surface area contributed by atoms with Crippen molar-refractivity contribution in [3.63, 3.8) is 0 Å². The Hall–Kier alpha value is -0.830. The zero-order valence-corrected chi connectivity index (χ0v) is 18.5. The van der Waals surface area contributed by atoms with Crippen LogP contribution in [0.5, 0.6) is 0 Å². The molecular formula is C20H30ClN5OS. The highest BCUT2D eigenvalue weighted by Crippen LogP contribution is 2.36. The minimum atomic E-state index is -0.249. The van der Waals surface area contributed by atoms with Crippen LogP contribution in [0, 0.1) is 0 Å². The fraction of sp³-hybridized carbons (Fsp3) is 0.700. The van der Waals surface area contributed by atoms with Crippen molar-refractivity contribution in [3.8, 4) is 0 Å². The Morgan fingerprint density at radius 2 is 2.04 bits per heavy atom. The molecular weight excluding hydrogens is 394 g/mol. The second-order valence-electron chi connectivity index (χ2n) is 8.10. The lowest BCUT2D eigenvalue weighted by Crippen LogP contribution is -2.52. The summed E-state index contributed by atoms with van der Waals surface area (Å²) in [5.41, 5.74) is 0.778. The van der Waals surface area contributed by atoms with Crippen molar-refractivity contribution in [2.45, 2.75) is 50.5 Å². The van der Waals surface area contributed by atoms with Gasteiger partial charge in [-0.25, -0.2) is 9.97 Å². The van der Waals surface area contributed by atoms with Crippen LogP contribution in [0.15, 0.2) is 18.6 Å².